The van der Waals surface area contributed by atoms with Crippen LogP contribution in [0.25, 0.3) is 5.76 Å². The monoisotopic (exact) mass is 446 g/mol. The number of carbonyl (C=O) groups is 2. The van der Waals surface area contributed by atoms with Crippen molar-refractivity contribution in [2.75, 3.05) is 25.5 Å². The third-order valence-electron chi connectivity index (χ3n) is 5.21. The zero-order chi connectivity index (χ0) is 22.0. The average molecular weight is 447 g/mol. The number of aliphatic hydroxyl groups excluding tert-OH is 1. The van der Waals surface area contributed by atoms with E-state index in [0.717, 1.165) is 24.1 Å². The summed E-state index contributed by atoms with van der Waals surface area (Å²) in [5.74, 6) is -1.56. The highest BCUT2D eigenvalue weighted by Gasteiger charge is 2.45. The molecular weight excluding hydrogens is 423 g/mol. The minimum Gasteiger partial charge on any atom is -0.507 e. The summed E-state index contributed by atoms with van der Waals surface area (Å²) in [7, 11) is 3.87. The van der Waals surface area contributed by atoms with Gasteiger partial charge in [-0.2, -0.15) is 0 Å². The lowest BCUT2D eigenvalue weighted by Crippen LogP contribution is -2.30. The van der Waals surface area contributed by atoms with Crippen LogP contribution in [-0.2, 0) is 9.59 Å². The Balaban J connectivity index is 2.15. The largest absolute Gasteiger partial charge is 0.507 e. The molecule has 0 aliphatic carbocycles. The van der Waals surface area contributed by atoms with Crippen LogP contribution < -0.4 is 4.90 Å². The molecule has 1 unspecified atom stereocenters. The lowest BCUT2D eigenvalue weighted by Gasteiger charge is -2.25. The molecule has 3 rings (SSSR count). The van der Waals surface area contributed by atoms with E-state index in [1.165, 1.54) is 6.07 Å². The van der Waals surface area contributed by atoms with Gasteiger partial charge in [0.1, 0.15) is 5.76 Å². The minimum atomic E-state index is -0.698. The Labute approximate surface area is 186 Å². The van der Waals surface area contributed by atoms with Crippen LogP contribution in [0.2, 0.25) is 10.0 Å². The number of likely N-dealkylation sites (tertiary alicyclic amines) is 1. The summed E-state index contributed by atoms with van der Waals surface area (Å²) in [6.07, 6.45) is 1.63. The van der Waals surface area contributed by atoms with Crippen LogP contribution in [-0.4, -0.2) is 42.3 Å². The van der Waals surface area contributed by atoms with E-state index in [-0.39, 0.29) is 16.4 Å². The zero-order valence-corrected chi connectivity index (χ0v) is 18.7. The number of unbranched alkanes of at least 4 members (excludes halogenated alkanes) is 1. The molecule has 158 valence electrons. The van der Waals surface area contributed by atoms with Crippen LogP contribution in [0.4, 0.5) is 5.69 Å². The molecule has 30 heavy (non-hydrogen) atoms. The topological polar surface area (TPSA) is 60.9 Å². The number of hydrogen-bond donors (Lipinski definition) is 1. The lowest BCUT2D eigenvalue weighted by molar-refractivity contribution is -0.139. The van der Waals surface area contributed by atoms with Crippen LogP contribution in [0.5, 0.6) is 0 Å². The minimum absolute atomic E-state index is 0.0621. The van der Waals surface area contributed by atoms with Crippen LogP contribution in [0.1, 0.15) is 36.9 Å². The van der Waals surface area contributed by atoms with Crippen molar-refractivity contribution in [2.45, 2.75) is 25.8 Å². The SMILES string of the molecule is CCCCN1C(=O)C(=O)/C(=C(\O)c2ccc(Cl)c(Cl)c2)C1c1ccc(N(C)C)cc1. The Morgan fingerprint density at radius 3 is 2.30 bits per heavy atom. The predicted octanol–water partition coefficient (Wildman–Crippen LogP) is 5.28. The first-order chi connectivity index (χ1) is 14.3. The molecule has 0 spiro atoms. The van der Waals surface area contributed by atoms with Gasteiger partial charge in [0.2, 0.25) is 0 Å². The molecule has 2 aromatic rings. The molecule has 1 heterocycles. The molecular formula is C23H24Cl2N2O3. The molecule has 1 aliphatic rings. The van der Waals surface area contributed by atoms with Crippen molar-refractivity contribution >= 4 is 46.3 Å². The van der Waals surface area contributed by atoms with Crippen molar-refractivity contribution in [3.63, 3.8) is 0 Å². The van der Waals surface area contributed by atoms with Gasteiger partial charge in [0.15, 0.2) is 0 Å². The fourth-order valence-corrected chi connectivity index (χ4v) is 3.84. The van der Waals surface area contributed by atoms with E-state index in [0.29, 0.717) is 17.1 Å². The van der Waals surface area contributed by atoms with Crippen LogP contribution in [0, 0.1) is 0 Å². The summed E-state index contributed by atoms with van der Waals surface area (Å²) < 4.78 is 0. The Bertz CT molecular complexity index is 1000. The first-order valence-corrected chi connectivity index (χ1v) is 10.5. The number of aliphatic hydroxyl groups is 1. The van der Waals surface area contributed by atoms with Gasteiger partial charge < -0.3 is 14.9 Å². The van der Waals surface area contributed by atoms with E-state index in [4.69, 9.17) is 23.2 Å². The number of carbonyl (C=O) groups excluding carboxylic acids is 2. The zero-order valence-electron chi connectivity index (χ0n) is 17.2. The number of ketones is 1. The smallest absolute Gasteiger partial charge is 0.295 e. The average Bonchev–Trinajstić information content (AvgIpc) is 2.98. The van der Waals surface area contributed by atoms with Crippen molar-refractivity contribution < 1.29 is 14.7 Å². The Kier molecular flexibility index (Phi) is 6.74. The molecule has 1 fully saturated rings. The van der Waals surface area contributed by atoms with Gasteiger partial charge in [-0.15, -0.1) is 0 Å². The summed E-state index contributed by atoms with van der Waals surface area (Å²) in [6.45, 7) is 2.45. The third-order valence-corrected chi connectivity index (χ3v) is 5.95. The van der Waals surface area contributed by atoms with E-state index in [1.807, 2.05) is 50.2 Å². The molecule has 1 aliphatic heterocycles. The van der Waals surface area contributed by atoms with Crippen molar-refractivity contribution in [3.05, 3.63) is 69.2 Å². The lowest BCUT2D eigenvalue weighted by atomic mass is 9.95. The van der Waals surface area contributed by atoms with Gasteiger partial charge >= 0.3 is 0 Å². The number of benzene rings is 2. The normalized spacial score (nSPS) is 18.2. The Morgan fingerprint density at radius 2 is 1.73 bits per heavy atom. The van der Waals surface area contributed by atoms with Gasteiger partial charge in [0.05, 0.1) is 21.7 Å². The molecule has 0 bridgehead atoms. The third kappa shape index (κ3) is 4.18. The first kappa shape index (κ1) is 22.2. The second-order valence-electron chi connectivity index (χ2n) is 7.46. The fraction of sp³-hybridized carbons (Fsp3) is 0.304. The van der Waals surface area contributed by atoms with Crippen molar-refractivity contribution in [1.29, 1.82) is 0 Å². The summed E-state index contributed by atoms with van der Waals surface area (Å²) >= 11 is 12.1. The quantitative estimate of drug-likeness (QED) is 0.372. The maximum absolute atomic E-state index is 12.9. The second-order valence-corrected chi connectivity index (χ2v) is 8.28. The Morgan fingerprint density at radius 1 is 1.07 bits per heavy atom. The van der Waals surface area contributed by atoms with Crippen molar-refractivity contribution in [1.82, 2.24) is 4.90 Å². The number of amides is 1. The number of halogens is 2. The van der Waals surface area contributed by atoms with Crippen LogP contribution in [0.3, 0.4) is 0 Å². The molecule has 0 radical (unpaired) electrons. The first-order valence-electron chi connectivity index (χ1n) is 9.77. The van der Waals surface area contributed by atoms with Gasteiger partial charge in [0, 0.05) is 31.9 Å². The van der Waals surface area contributed by atoms with Gasteiger partial charge in [-0.05, 0) is 42.3 Å². The highest BCUT2D eigenvalue weighted by molar-refractivity contribution is 6.46. The number of anilines is 1. The molecule has 7 heteroatoms. The van der Waals surface area contributed by atoms with E-state index >= 15 is 0 Å². The van der Waals surface area contributed by atoms with Crippen LogP contribution in [0.15, 0.2) is 48.0 Å². The van der Waals surface area contributed by atoms with E-state index in [1.54, 1.807) is 17.0 Å². The molecule has 0 saturated carbocycles. The van der Waals surface area contributed by atoms with Gasteiger partial charge in [-0.1, -0.05) is 48.7 Å². The maximum Gasteiger partial charge on any atom is 0.295 e. The van der Waals surface area contributed by atoms with E-state index in [9.17, 15) is 14.7 Å². The van der Waals surface area contributed by atoms with E-state index in [2.05, 4.69) is 0 Å². The summed E-state index contributed by atoms with van der Waals surface area (Å²) in [5, 5.41) is 11.6. The predicted molar refractivity (Wildman–Crippen MR) is 121 cm³/mol. The number of rotatable bonds is 6. The van der Waals surface area contributed by atoms with Crippen LogP contribution >= 0.6 is 23.2 Å². The Hall–Kier alpha value is -2.50. The molecule has 2 aromatic carbocycles. The number of Topliss-reactive ketones (excluding diaryl/α,β-unsaturated/α-hetero) is 1. The second kappa shape index (κ2) is 9.11. The molecule has 1 N–H and O–H groups in total. The molecule has 1 atom stereocenters. The summed E-state index contributed by atoms with van der Waals surface area (Å²) in [6, 6.07) is 11.6. The highest BCUT2D eigenvalue weighted by atomic mass is 35.5. The van der Waals surface area contributed by atoms with Gasteiger partial charge in [-0.25, -0.2) is 0 Å². The number of nitrogens with zero attached hydrogens (tertiary/aromatic N) is 2. The van der Waals surface area contributed by atoms with Gasteiger partial charge in [-0.3, -0.25) is 9.59 Å². The highest BCUT2D eigenvalue weighted by Crippen LogP contribution is 2.40. The summed E-state index contributed by atoms with van der Waals surface area (Å²) in [5.41, 5.74) is 2.16. The molecule has 1 amide bonds. The fourth-order valence-electron chi connectivity index (χ4n) is 3.54. The summed E-state index contributed by atoms with van der Waals surface area (Å²) in [4.78, 5) is 29.2. The number of hydrogen-bond acceptors (Lipinski definition) is 4. The van der Waals surface area contributed by atoms with Gasteiger partial charge in [0.25, 0.3) is 11.7 Å². The van der Waals surface area contributed by atoms with E-state index < -0.39 is 17.7 Å². The molecule has 1 saturated heterocycles. The molecule has 5 nitrogen and oxygen atoms in total. The van der Waals surface area contributed by atoms with Crippen molar-refractivity contribution in [2.24, 2.45) is 0 Å². The standard InChI is InChI=1S/C23H24Cl2N2O3/c1-4-5-12-27-20(14-6-9-16(10-7-14)26(2)3)19(22(29)23(27)30)21(28)15-8-11-17(24)18(25)13-15/h6-11,13,20,28H,4-5,12H2,1-3H3/b21-19-. The van der Waals surface area contributed by atoms with Crippen molar-refractivity contribution in [3.8, 4) is 0 Å². The maximum atomic E-state index is 12.9. The molecule has 0 aromatic heterocycles.